The first-order valence-electron chi connectivity index (χ1n) is 40.9. The summed E-state index contributed by atoms with van der Waals surface area (Å²) in [7, 11) is -4.58. The van der Waals surface area contributed by atoms with Crippen LogP contribution >= 0.6 is 0 Å². The van der Waals surface area contributed by atoms with E-state index < -0.39 is 45.6 Å². The Morgan fingerprint density at radius 1 is 0.417 bits per heavy atom. The average molecular weight is 1540 g/mol. The molecule has 0 aromatic heterocycles. The molecule has 0 saturated heterocycles. The Kier molecular flexibility index (Phi) is 48.9. The van der Waals surface area contributed by atoms with Crippen molar-refractivity contribution < 1.29 is 52.9 Å². The van der Waals surface area contributed by atoms with Crippen molar-refractivity contribution in [3.8, 4) is 0 Å². The van der Waals surface area contributed by atoms with Gasteiger partial charge in [0, 0.05) is 46.4 Å². The van der Waals surface area contributed by atoms with Gasteiger partial charge in [0.05, 0.1) is 4.90 Å². The Labute approximate surface area is 654 Å². The summed E-state index contributed by atoms with van der Waals surface area (Å²) in [5, 5.41) is 6.46. The van der Waals surface area contributed by atoms with E-state index in [2.05, 4.69) is 203 Å². The van der Waals surface area contributed by atoms with Crippen LogP contribution in [0.25, 0.3) is 24.3 Å². The topological polar surface area (TPSA) is 98.3 Å². The summed E-state index contributed by atoms with van der Waals surface area (Å²) >= 11 is 0. The second-order valence-electron chi connectivity index (χ2n) is 35.1. The summed E-state index contributed by atoms with van der Waals surface area (Å²) in [5.41, 5.74) is 10.9. The number of Topliss-reactive ketones (excluding diaryl/α,β-unsaturated/α-hetero) is 1. The minimum Gasteiger partial charge on any atom is -0.744 e. The van der Waals surface area contributed by atoms with Crippen LogP contribution in [-0.4, -0.2) is 54.5 Å². The highest BCUT2D eigenvalue weighted by Gasteiger charge is 2.81. The molecule has 4 aromatic carbocycles. The molecule has 0 heterocycles. The van der Waals surface area contributed by atoms with Crippen molar-refractivity contribution >= 4 is 51.6 Å². The number of hydrogen-bond donors (Lipinski definition) is 2. The zero-order chi connectivity index (χ0) is 83.1. The highest BCUT2D eigenvalue weighted by Crippen LogP contribution is 2.56. The molecule has 0 atom stereocenters. The zero-order valence-corrected chi connectivity index (χ0v) is 72.7. The van der Waals surface area contributed by atoms with Crippen LogP contribution in [0.3, 0.4) is 0 Å². The van der Waals surface area contributed by atoms with Crippen molar-refractivity contribution in [2.75, 3.05) is 10.6 Å². The van der Waals surface area contributed by atoms with Crippen LogP contribution in [0, 0.1) is 72.0 Å². The first-order chi connectivity index (χ1) is 49.9. The maximum atomic E-state index is 13.2. The van der Waals surface area contributed by atoms with Crippen molar-refractivity contribution in [3.63, 3.8) is 0 Å². The molecule has 0 unspecified atom stereocenters. The Balaban J connectivity index is 0.00000134. The fraction of sp³-hybridized carbons (Fsp3) is 0.667. The fourth-order valence-corrected chi connectivity index (χ4v) is 12.8. The molecular weight excluding hydrogens is 1390 g/mol. The van der Waals surface area contributed by atoms with Crippen LogP contribution in [0.2, 0.25) is 0 Å². The van der Waals surface area contributed by atoms with Gasteiger partial charge in [0.1, 0.15) is 10.1 Å². The molecule has 0 radical (unpaired) electrons. The quantitative estimate of drug-likeness (QED) is 0.0155. The van der Waals surface area contributed by atoms with Gasteiger partial charge in [-0.2, -0.15) is 35.1 Å². The van der Waals surface area contributed by atoms with E-state index in [0.29, 0.717) is 62.7 Å². The van der Waals surface area contributed by atoms with Crippen LogP contribution in [0.15, 0.2) is 101 Å². The van der Waals surface area contributed by atoms with Crippen molar-refractivity contribution in [2.24, 2.45) is 65.1 Å². The number of ketones is 1. The molecule has 4 aromatic rings. The lowest BCUT2D eigenvalue weighted by atomic mass is 9.80. The number of hydrogen-bond acceptors (Lipinski definition) is 6. The first-order valence-corrected chi connectivity index (χ1v) is 42.3. The van der Waals surface area contributed by atoms with E-state index >= 15 is 0 Å². The van der Waals surface area contributed by atoms with E-state index in [-0.39, 0.29) is 16.7 Å². The molecule has 0 aliphatic heterocycles. The first kappa shape index (κ1) is 103. The molecule has 6 nitrogen and oxygen atoms in total. The molecule has 15 heteroatoms. The maximum absolute atomic E-state index is 13.2. The van der Waals surface area contributed by atoms with Crippen molar-refractivity contribution in [1.29, 1.82) is 0 Å². The lowest BCUT2D eigenvalue weighted by Crippen LogP contribution is -2.64. The Morgan fingerprint density at radius 3 is 1.01 bits per heavy atom. The molecule has 0 spiro atoms. The average Bonchev–Trinajstić information content (AvgIpc) is 0.732. The van der Waals surface area contributed by atoms with Gasteiger partial charge in [-0.15, -0.1) is 0 Å². The highest BCUT2D eigenvalue weighted by atomic mass is 32.2. The molecule has 108 heavy (non-hydrogen) atoms. The number of carbonyl (C=O) groups is 1. The van der Waals surface area contributed by atoms with Gasteiger partial charge in [-0.05, 0) is 189 Å². The lowest BCUT2D eigenvalue weighted by molar-refractivity contribution is -0.380. The van der Waals surface area contributed by atoms with Gasteiger partial charge in [0.15, 0.2) is 5.78 Å². The number of halogens is 8. The van der Waals surface area contributed by atoms with Gasteiger partial charge >= 0.3 is 23.7 Å². The minimum absolute atomic E-state index is 0.134. The van der Waals surface area contributed by atoms with Crippen LogP contribution in [-0.2, 0) is 27.8 Å². The molecule has 0 amide bonds. The fourth-order valence-electron chi connectivity index (χ4n) is 12.1. The molecule has 618 valence electrons. The molecule has 1 aliphatic carbocycles. The second kappa shape index (κ2) is 51.4. The summed E-state index contributed by atoms with van der Waals surface area (Å²) in [4.78, 5) is 12.9. The number of benzene rings is 4. The van der Waals surface area contributed by atoms with E-state index in [0.717, 1.165) is 100 Å². The van der Waals surface area contributed by atoms with E-state index in [9.17, 15) is 52.9 Å². The number of unbranched alkanes of at least 4 members (excludes halogenated alkanes) is 6. The summed E-state index contributed by atoms with van der Waals surface area (Å²) in [5.74, 6) is -19.8. The van der Waals surface area contributed by atoms with E-state index in [1.54, 1.807) is 18.2 Å². The number of nitrogens with one attached hydrogen (secondary N) is 2. The molecule has 1 fully saturated rings. The minimum atomic E-state index is -6.14. The van der Waals surface area contributed by atoms with Crippen LogP contribution < -0.4 is 10.6 Å². The summed E-state index contributed by atoms with van der Waals surface area (Å²) < 4.78 is 140. The number of rotatable bonds is 36. The van der Waals surface area contributed by atoms with E-state index in [1.165, 1.54) is 114 Å². The zero-order valence-electron chi connectivity index (χ0n) is 71.9. The van der Waals surface area contributed by atoms with Gasteiger partial charge < -0.3 is 15.2 Å². The molecule has 1 saturated carbocycles. The molecule has 2 N–H and O–H groups in total. The summed E-state index contributed by atoms with van der Waals surface area (Å²) in [6, 6.07) is 28.6. The third kappa shape index (κ3) is 41.8. The number of carbonyl (C=O) groups excluding carboxylic acids is 1. The van der Waals surface area contributed by atoms with Gasteiger partial charge in [-0.3, -0.25) is 4.79 Å². The van der Waals surface area contributed by atoms with Gasteiger partial charge in [0.25, 0.3) is 0 Å². The van der Waals surface area contributed by atoms with E-state index in [4.69, 9.17) is 0 Å². The number of alkyl halides is 8. The molecular formula is C93H149F8N2O4S-. The third-order valence-electron chi connectivity index (χ3n) is 18.4. The molecule has 5 rings (SSSR count). The maximum Gasteiger partial charge on any atom is 0.378 e. The van der Waals surface area contributed by atoms with Crippen molar-refractivity contribution in [3.05, 3.63) is 135 Å². The Bertz CT molecular complexity index is 3170. The van der Waals surface area contributed by atoms with Crippen LogP contribution in [0.5, 0.6) is 0 Å². The van der Waals surface area contributed by atoms with Crippen LogP contribution in [0.4, 0.5) is 46.5 Å². The lowest BCUT2D eigenvalue weighted by Gasteiger charge is -2.39. The largest absolute Gasteiger partial charge is 0.744 e. The monoisotopic (exact) mass is 1540 g/mol. The van der Waals surface area contributed by atoms with Crippen LogP contribution in [0.1, 0.15) is 321 Å². The Hall–Kier alpha value is -5.28. The Morgan fingerprint density at radius 2 is 0.713 bits per heavy atom. The van der Waals surface area contributed by atoms with Crippen molar-refractivity contribution in [2.45, 2.75) is 343 Å². The van der Waals surface area contributed by atoms with Gasteiger partial charge in [-0.25, -0.2) is 8.42 Å². The normalized spacial score (nSPS) is 14.7. The van der Waals surface area contributed by atoms with Gasteiger partial charge in [0.2, 0.25) is 0 Å². The van der Waals surface area contributed by atoms with Gasteiger partial charge in [-0.1, -0.05) is 315 Å². The third-order valence-corrected chi connectivity index (χ3v) is 19.3. The summed E-state index contributed by atoms with van der Waals surface area (Å²) in [6.45, 7) is 51.1. The smallest absolute Gasteiger partial charge is 0.378 e. The van der Waals surface area contributed by atoms with Crippen molar-refractivity contribution in [1.82, 2.24) is 0 Å². The number of anilines is 2. The SMILES string of the molecule is CC(C)C(F)(F)C(F)(F)C(F)(F)C(F)(F)C(C)C.CC(C)CCCC(C)C.CC(C)CCCCC(C)C.CC(C)CCCCCCCCC(C)C.CC(C)Cc1ccc(/C=C2\CC(C)C/C(=C\c3ccc(CC(C)C)cc3)C2=O)cc1.Cc1cc(NC(C)C)ccc1/C=C/c1ccc(NC(C)C)cc1S(=O)(=O)[O-]. The molecule has 1 aliphatic rings. The summed E-state index contributed by atoms with van der Waals surface area (Å²) in [6.07, 6.45) is 33.1. The number of aryl methyl sites for hydroxylation is 1. The highest BCUT2D eigenvalue weighted by molar-refractivity contribution is 7.85. The standard InChI is InChI=1S/C29H36O.C21H28N2O3S.C14H30.C10H14F8.C10H22.C9H20/c1-20(2)14-23-6-10-25(11-7-23)18-27-16-22(5)17-28(29(27)30)19-26-12-8-24(9-13-26)15-21(3)4;1-14(2)22-19-10-8-17(16(5)12-19)6-7-18-9-11-20(23-15(3)4)13-21(18)27(24,25)26;1-13(2)11-9-7-5-6-8-10-12-14(3)4;1-5(2)7(11,12)9(15,16)10(17,18)8(13,14)6(3)4;1-9(2)7-5-6-8-10(3)4;1-8(2)6-5-7-9(3)4/h6-13,18-22H,14-17H2,1-5H3;6-15,22-23H,1-5H3,(H,24,25,26);13-14H,5-12H2,1-4H3;5-6H,1-4H3;9-10H,5-8H2,1-4H3;8-9H,5-7H2,1-4H3/p-1/b27-18+,28-19+;7-6+;;;;. The second-order valence-corrected chi connectivity index (χ2v) is 36.4. The number of allylic oxidation sites excluding steroid dienone is 2. The molecule has 0 bridgehead atoms. The predicted octanol–water partition coefficient (Wildman–Crippen LogP) is 29.8. The predicted molar refractivity (Wildman–Crippen MR) is 449 cm³/mol. The van der Waals surface area contributed by atoms with E-state index in [1.807, 2.05) is 45.0 Å².